The van der Waals surface area contributed by atoms with Gasteiger partial charge in [0.2, 0.25) is 0 Å². The van der Waals surface area contributed by atoms with Crippen molar-refractivity contribution in [2.45, 2.75) is 13.3 Å². The molecule has 0 unspecified atom stereocenters. The summed E-state index contributed by atoms with van der Waals surface area (Å²) in [6.45, 7) is 6.26. The lowest BCUT2D eigenvalue weighted by Gasteiger charge is -2.34. The Morgan fingerprint density at radius 1 is 1.25 bits per heavy atom. The normalized spacial score (nSPS) is 16.1. The number of phenols is 1. The number of nitrogens with zero attached hydrogens (tertiary/aromatic N) is 2. The van der Waals surface area contributed by atoms with Gasteiger partial charge >= 0.3 is 6.09 Å². The molecule has 0 aliphatic carbocycles. The lowest BCUT2D eigenvalue weighted by Crippen LogP contribution is -2.49. The van der Waals surface area contributed by atoms with Crippen LogP contribution < -0.4 is 0 Å². The molecular formula is C15H22N2O3. The first-order valence-corrected chi connectivity index (χ1v) is 7.11. The minimum atomic E-state index is -0.215. The summed E-state index contributed by atoms with van der Waals surface area (Å²) in [5.41, 5.74) is 0.973. The molecule has 5 nitrogen and oxygen atoms in total. The van der Waals surface area contributed by atoms with E-state index in [-0.39, 0.29) is 6.09 Å². The standard InChI is InChI=1S/C15H22N2O3/c1-2-20-15(19)17-11-9-16(10-12-17)8-7-13-5-3-4-6-14(13)18/h3-6,18H,2,7-12H2,1H3. The van der Waals surface area contributed by atoms with E-state index >= 15 is 0 Å². The minimum absolute atomic E-state index is 0.215. The van der Waals surface area contributed by atoms with Crippen molar-refractivity contribution >= 4 is 6.09 Å². The van der Waals surface area contributed by atoms with Gasteiger partial charge in [0.25, 0.3) is 0 Å². The summed E-state index contributed by atoms with van der Waals surface area (Å²) in [4.78, 5) is 15.6. The number of phenolic OH excluding ortho intramolecular Hbond substituents is 1. The highest BCUT2D eigenvalue weighted by molar-refractivity contribution is 5.67. The van der Waals surface area contributed by atoms with E-state index in [0.717, 1.165) is 31.6 Å². The summed E-state index contributed by atoms with van der Waals surface area (Å²) < 4.78 is 5.00. The van der Waals surface area contributed by atoms with Gasteiger partial charge in [-0.15, -0.1) is 0 Å². The topological polar surface area (TPSA) is 53.0 Å². The zero-order valence-electron chi connectivity index (χ0n) is 11.9. The summed E-state index contributed by atoms with van der Waals surface area (Å²) in [5, 5.41) is 9.73. The van der Waals surface area contributed by atoms with Gasteiger partial charge in [-0.1, -0.05) is 18.2 Å². The molecule has 1 aromatic carbocycles. The summed E-state index contributed by atoms with van der Waals surface area (Å²) in [5.74, 6) is 0.359. The summed E-state index contributed by atoms with van der Waals surface area (Å²) in [6.07, 6.45) is 0.611. The van der Waals surface area contributed by atoms with Crippen molar-refractivity contribution in [3.8, 4) is 5.75 Å². The number of ether oxygens (including phenoxy) is 1. The maximum atomic E-state index is 11.6. The van der Waals surface area contributed by atoms with Crippen molar-refractivity contribution < 1.29 is 14.6 Å². The molecule has 1 aliphatic heterocycles. The van der Waals surface area contributed by atoms with Gasteiger partial charge in [-0.2, -0.15) is 0 Å². The molecule has 0 spiro atoms. The van der Waals surface area contributed by atoms with E-state index in [2.05, 4.69) is 4.90 Å². The molecule has 5 heteroatoms. The number of amides is 1. The molecule has 1 fully saturated rings. The van der Waals surface area contributed by atoms with Crippen molar-refractivity contribution in [3.05, 3.63) is 29.8 Å². The number of benzene rings is 1. The first-order chi connectivity index (χ1) is 9.70. The van der Waals surface area contributed by atoms with Crippen molar-refractivity contribution in [1.82, 2.24) is 9.80 Å². The zero-order chi connectivity index (χ0) is 14.4. The van der Waals surface area contributed by atoms with Gasteiger partial charge in [-0.3, -0.25) is 4.90 Å². The highest BCUT2D eigenvalue weighted by atomic mass is 16.6. The molecule has 0 aromatic heterocycles. The lowest BCUT2D eigenvalue weighted by atomic mass is 10.1. The molecule has 1 N–H and O–H groups in total. The van der Waals surface area contributed by atoms with Gasteiger partial charge in [-0.25, -0.2) is 4.79 Å². The average Bonchev–Trinajstić information content (AvgIpc) is 2.47. The number of carbonyl (C=O) groups excluding carboxylic acids is 1. The third-order valence-electron chi connectivity index (χ3n) is 3.59. The Bertz CT molecular complexity index is 442. The van der Waals surface area contributed by atoms with Gasteiger partial charge in [0.05, 0.1) is 6.61 Å². The SMILES string of the molecule is CCOC(=O)N1CCN(CCc2ccccc2O)CC1. The number of piperazine rings is 1. The van der Waals surface area contributed by atoms with Crippen LogP contribution in [0.1, 0.15) is 12.5 Å². The molecule has 2 rings (SSSR count). The number of rotatable bonds is 4. The summed E-state index contributed by atoms with van der Waals surface area (Å²) >= 11 is 0. The maximum absolute atomic E-state index is 11.6. The van der Waals surface area contributed by atoms with E-state index in [1.807, 2.05) is 25.1 Å². The van der Waals surface area contributed by atoms with E-state index in [4.69, 9.17) is 4.74 Å². The van der Waals surface area contributed by atoms with Crippen molar-refractivity contribution in [3.63, 3.8) is 0 Å². The molecule has 1 aromatic rings. The second-order valence-electron chi connectivity index (χ2n) is 4.91. The molecule has 1 amide bonds. The highest BCUT2D eigenvalue weighted by Crippen LogP contribution is 2.16. The third kappa shape index (κ3) is 3.87. The molecule has 1 heterocycles. The Labute approximate surface area is 119 Å². The Hall–Kier alpha value is -1.75. The Kier molecular flexibility index (Phi) is 5.24. The van der Waals surface area contributed by atoms with Crippen LogP contribution in [0.4, 0.5) is 4.79 Å². The fourth-order valence-corrected chi connectivity index (χ4v) is 2.37. The third-order valence-corrected chi connectivity index (χ3v) is 3.59. The number of aromatic hydroxyl groups is 1. The number of carbonyl (C=O) groups is 1. The largest absolute Gasteiger partial charge is 0.508 e. The second-order valence-corrected chi connectivity index (χ2v) is 4.91. The number of para-hydroxylation sites is 1. The molecule has 20 heavy (non-hydrogen) atoms. The molecule has 1 saturated heterocycles. The molecular weight excluding hydrogens is 256 g/mol. The molecule has 0 saturated carbocycles. The van der Waals surface area contributed by atoms with Gasteiger partial charge in [0, 0.05) is 32.7 Å². The van der Waals surface area contributed by atoms with Crippen LogP contribution in [-0.4, -0.2) is 60.3 Å². The fraction of sp³-hybridized carbons (Fsp3) is 0.533. The molecule has 0 atom stereocenters. The van der Waals surface area contributed by atoms with Crippen molar-refractivity contribution in [2.75, 3.05) is 39.3 Å². The summed E-state index contributed by atoms with van der Waals surface area (Å²) in [7, 11) is 0. The number of hydrogen-bond acceptors (Lipinski definition) is 4. The van der Waals surface area contributed by atoms with E-state index in [1.165, 1.54) is 0 Å². The van der Waals surface area contributed by atoms with E-state index in [1.54, 1.807) is 11.0 Å². The predicted octanol–water partition coefficient (Wildman–Crippen LogP) is 1.71. The molecule has 0 bridgehead atoms. The molecule has 1 aliphatic rings. The van der Waals surface area contributed by atoms with Crippen molar-refractivity contribution in [1.29, 1.82) is 0 Å². The van der Waals surface area contributed by atoms with Crippen LogP contribution in [0.3, 0.4) is 0 Å². The van der Waals surface area contributed by atoms with Crippen LogP contribution in [0.2, 0.25) is 0 Å². The Morgan fingerprint density at radius 2 is 1.95 bits per heavy atom. The van der Waals surface area contributed by atoms with E-state index < -0.39 is 0 Å². The first-order valence-electron chi connectivity index (χ1n) is 7.11. The van der Waals surface area contributed by atoms with Crippen LogP contribution in [0.5, 0.6) is 5.75 Å². The second kappa shape index (κ2) is 7.14. The predicted molar refractivity (Wildman–Crippen MR) is 76.8 cm³/mol. The van der Waals surface area contributed by atoms with E-state index in [0.29, 0.717) is 25.4 Å². The van der Waals surface area contributed by atoms with Gasteiger partial charge in [-0.05, 0) is 25.0 Å². The van der Waals surface area contributed by atoms with Crippen LogP contribution in [0, 0.1) is 0 Å². The van der Waals surface area contributed by atoms with E-state index in [9.17, 15) is 9.90 Å². The van der Waals surface area contributed by atoms with Gasteiger partial charge in [0.15, 0.2) is 0 Å². The Balaban J connectivity index is 1.75. The molecule has 0 radical (unpaired) electrons. The quantitative estimate of drug-likeness (QED) is 0.911. The first kappa shape index (κ1) is 14.7. The summed E-state index contributed by atoms with van der Waals surface area (Å²) in [6, 6.07) is 7.43. The number of hydrogen-bond donors (Lipinski definition) is 1. The fourth-order valence-electron chi connectivity index (χ4n) is 2.37. The van der Waals surface area contributed by atoms with Crippen LogP contribution in [-0.2, 0) is 11.2 Å². The maximum Gasteiger partial charge on any atom is 0.409 e. The minimum Gasteiger partial charge on any atom is -0.508 e. The smallest absolute Gasteiger partial charge is 0.409 e. The van der Waals surface area contributed by atoms with Crippen LogP contribution in [0.25, 0.3) is 0 Å². The van der Waals surface area contributed by atoms with Crippen LogP contribution >= 0.6 is 0 Å². The zero-order valence-corrected chi connectivity index (χ0v) is 11.9. The van der Waals surface area contributed by atoms with Crippen molar-refractivity contribution in [2.24, 2.45) is 0 Å². The Morgan fingerprint density at radius 3 is 2.60 bits per heavy atom. The van der Waals surface area contributed by atoms with Crippen LogP contribution in [0.15, 0.2) is 24.3 Å². The van der Waals surface area contributed by atoms with Gasteiger partial charge < -0.3 is 14.7 Å². The lowest BCUT2D eigenvalue weighted by molar-refractivity contribution is 0.0799. The highest BCUT2D eigenvalue weighted by Gasteiger charge is 2.21. The monoisotopic (exact) mass is 278 g/mol. The average molecular weight is 278 g/mol. The van der Waals surface area contributed by atoms with Gasteiger partial charge in [0.1, 0.15) is 5.75 Å². The molecule has 110 valence electrons.